The Morgan fingerprint density at radius 1 is 1.64 bits per heavy atom. The Bertz CT molecular complexity index is 310. The van der Waals surface area contributed by atoms with Crippen molar-refractivity contribution in [1.82, 2.24) is 9.36 Å². The van der Waals surface area contributed by atoms with Gasteiger partial charge in [-0.1, -0.05) is 0 Å². The largest absolute Gasteiger partial charge is 0.393 e. The standard InChI is InChI=1S/C8H14N4OS/c1-12(4-5-2-6(13)3-5)8-10-7(9)11-14-8/h5-6,13H,2-4H2,1H3,(H2,9,11). The SMILES string of the molecule is CN(CC1CC(O)C1)c1nc(N)ns1. The van der Waals surface area contributed by atoms with Crippen molar-refractivity contribution in [1.29, 1.82) is 0 Å². The summed E-state index contributed by atoms with van der Waals surface area (Å²) in [5.41, 5.74) is 5.44. The van der Waals surface area contributed by atoms with Gasteiger partial charge in [-0.2, -0.15) is 9.36 Å². The molecule has 1 fully saturated rings. The molecule has 0 aliphatic heterocycles. The van der Waals surface area contributed by atoms with Crippen molar-refractivity contribution in [2.75, 3.05) is 24.2 Å². The van der Waals surface area contributed by atoms with Gasteiger partial charge in [0, 0.05) is 25.1 Å². The van der Waals surface area contributed by atoms with E-state index in [1.54, 1.807) is 0 Å². The number of anilines is 2. The molecule has 0 amide bonds. The zero-order chi connectivity index (χ0) is 10.1. The summed E-state index contributed by atoms with van der Waals surface area (Å²) in [5.74, 6) is 0.922. The zero-order valence-corrected chi connectivity index (χ0v) is 8.87. The fourth-order valence-electron chi connectivity index (χ4n) is 1.70. The second-order valence-corrected chi connectivity index (χ2v) is 4.54. The number of hydrogen-bond acceptors (Lipinski definition) is 6. The van der Waals surface area contributed by atoms with Gasteiger partial charge in [0.05, 0.1) is 6.10 Å². The Morgan fingerprint density at radius 2 is 2.36 bits per heavy atom. The summed E-state index contributed by atoms with van der Waals surface area (Å²) in [6.45, 7) is 0.922. The number of nitrogen functional groups attached to an aromatic ring is 1. The van der Waals surface area contributed by atoms with E-state index in [9.17, 15) is 0 Å². The molecule has 0 saturated heterocycles. The minimum atomic E-state index is -0.0899. The molecule has 1 saturated carbocycles. The second-order valence-electron chi connectivity index (χ2n) is 3.81. The lowest BCUT2D eigenvalue weighted by molar-refractivity contribution is 0.0465. The van der Waals surface area contributed by atoms with Gasteiger partial charge in [0.1, 0.15) is 0 Å². The molecule has 5 nitrogen and oxygen atoms in total. The zero-order valence-electron chi connectivity index (χ0n) is 8.05. The highest BCUT2D eigenvalue weighted by atomic mass is 32.1. The normalized spacial score (nSPS) is 25.9. The van der Waals surface area contributed by atoms with Crippen LogP contribution in [0.1, 0.15) is 12.8 Å². The molecule has 1 heterocycles. The van der Waals surface area contributed by atoms with E-state index in [0.29, 0.717) is 11.9 Å². The Kier molecular flexibility index (Phi) is 2.56. The van der Waals surface area contributed by atoms with E-state index in [0.717, 1.165) is 24.5 Å². The van der Waals surface area contributed by atoms with Crippen molar-refractivity contribution in [2.24, 2.45) is 5.92 Å². The number of aliphatic hydroxyl groups is 1. The summed E-state index contributed by atoms with van der Waals surface area (Å²) in [7, 11) is 1.98. The molecule has 0 radical (unpaired) electrons. The van der Waals surface area contributed by atoms with Crippen LogP contribution in [0.15, 0.2) is 0 Å². The van der Waals surface area contributed by atoms with Gasteiger partial charge in [0.15, 0.2) is 0 Å². The van der Waals surface area contributed by atoms with Crippen LogP contribution in [0.2, 0.25) is 0 Å². The van der Waals surface area contributed by atoms with Gasteiger partial charge in [-0.25, -0.2) is 0 Å². The van der Waals surface area contributed by atoms with Gasteiger partial charge in [-0.05, 0) is 18.8 Å². The molecule has 0 spiro atoms. The Labute approximate surface area is 86.7 Å². The molecule has 0 unspecified atom stereocenters. The molecule has 6 heteroatoms. The third-order valence-electron chi connectivity index (χ3n) is 2.50. The molecule has 0 bridgehead atoms. The first-order chi connectivity index (χ1) is 6.65. The Morgan fingerprint density at radius 3 is 2.86 bits per heavy atom. The maximum Gasteiger partial charge on any atom is 0.233 e. The van der Waals surface area contributed by atoms with Crippen LogP contribution in [0, 0.1) is 5.92 Å². The first-order valence-corrected chi connectivity index (χ1v) is 5.41. The lowest BCUT2D eigenvalue weighted by atomic mass is 9.82. The summed E-state index contributed by atoms with van der Waals surface area (Å²) in [4.78, 5) is 6.14. The van der Waals surface area contributed by atoms with Crippen LogP contribution in [0.5, 0.6) is 0 Å². The lowest BCUT2D eigenvalue weighted by Gasteiger charge is -2.34. The van der Waals surface area contributed by atoms with Crippen LogP contribution in [0.4, 0.5) is 11.1 Å². The molecule has 0 atom stereocenters. The highest BCUT2D eigenvalue weighted by molar-refractivity contribution is 7.09. The third kappa shape index (κ3) is 1.96. The second kappa shape index (κ2) is 3.70. The summed E-state index contributed by atoms with van der Waals surface area (Å²) in [6.07, 6.45) is 1.71. The van der Waals surface area contributed by atoms with Crippen molar-refractivity contribution >= 4 is 22.6 Å². The van der Waals surface area contributed by atoms with Gasteiger partial charge in [-0.3, -0.25) is 0 Å². The highest BCUT2D eigenvalue weighted by Crippen LogP contribution is 2.29. The Hall–Kier alpha value is -0.880. The lowest BCUT2D eigenvalue weighted by Crippen LogP contribution is -2.37. The van der Waals surface area contributed by atoms with E-state index in [2.05, 4.69) is 9.36 Å². The molecular formula is C8H14N4OS. The van der Waals surface area contributed by atoms with E-state index in [1.807, 2.05) is 11.9 Å². The number of rotatable bonds is 3. The molecule has 1 aliphatic rings. The number of nitrogens with two attached hydrogens (primary N) is 1. The number of nitrogens with zero attached hydrogens (tertiary/aromatic N) is 3. The monoisotopic (exact) mass is 214 g/mol. The van der Waals surface area contributed by atoms with Gasteiger partial charge in [0.25, 0.3) is 0 Å². The van der Waals surface area contributed by atoms with Crippen molar-refractivity contribution < 1.29 is 5.11 Å². The predicted octanol–water partition coefficient (Wildman–Crippen LogP) is 0.327. The minimum absolute atomic E-state index is 0.0899. The summed E-state index contributed by atoms with van der Waals surface area (Å²) >= 11 is 1.31. The number of aliphatic hydroxyl groups excluding tert-OH is 1. The van der Waals surface area contributed by atoms with Crippen molar-refractivity contribution in [3.05, 3.63) is 0 Å². The molecule has 0 aromatic carbocycles. The van der Waals surface area contributed by atoms with Gasteiger partial charge in [-0.15, -0.1) is 0 Å². The number of hydrogen-bond donors (Lipinski definition) is 2. The van der Waals surface area contributed by atoms with Gasteiger partial charge in [0.2, 0.25) is 11.1 Å². The summed E-state index contributed by atoms with van der Waals surface area (Å²) in [5, 5.41) is 9.99. The van der Waals surface area contributed by atoms with E-state index >= 15 is 0 Å². The molecule has 3 N–H and O–H groups in total. The van der Waals surface area contributed by atoms with E-state index in [1.165, 1.54) is 11.5 Å². The fraction of sp³-hybridized carbons (Fsp3) is 0.750. The van der Waals surface area contributed by atoms with E-state index in [-0.39, 0.29) is 6.10 Å². The molecule has 78 valence electrons. The van der Waals surface area contributed by atoms with Gasteiger partial charge < -0.3 is 15.7 Å². The summed E-state index contributed by atoms with van der Waals surface area (Å²) in [6, 6.07) is 0. The molecule has 1 aliphatic carbocycles. The molecule has 14 heavy (non-hydrogen) atoms. The van der Waals surface area contributed by atoms with Crippen molar-refractivity contribution in [3.63, 3.8) is 0 Å². The average Bonchev–Trinajstić information content (AvgIpc) is 2.49. The van der Waals surface area contributed by atoms with E-state index in [4.69, 9.17) is 10.8 Å². The molecule has 1 aromatic rings. The van der Waals surface area contributed by atoms with Crippen molar-refractivity contribution in [2.45, 2.75) is 18.9 Å². The molecule has 1 aromatic heterocycles. The fourth-order valence-corrected chi connectivity index (χ4v) is 2.26. The third-order valence-corrected chi connectivity index (χ3v) is 3.35. The van der Waals surface area contributed by atoms with Crippen LogP contribution >= 0.6 is 11.5 Å². The smallest absolute Gasteiger partial charge is 0.233 e. The minimum Gasteiger partial charge on any atom is -0.393 e. The average molecular weight is 214 g/mol. The van der Waals surface area contributed by atoms with E-state index < -0.39 is 0 Å². The van der Waals surface area contributed by atoms with Crippen LogP contribution in [-0.2, 0) is 0 Å². The Balaban J connectivity index is 1.86. The van der Waals surface area contributed by atoms with Crippen LogP contribution in [0.3, 0.4) is 0 Å². The highest BCUT2D eigenvalue weighted by Gasteiger charge is 2.28. The summed E-state index contributed by atoms with van der Waals surface area (Å²) < 4.78 is 3.92. The molecular weight excluding hydrogens is 200 g/mol. The maximum atomic E-state index is 9.14. The van der Waals surface area contributed by atoms with Gasteiger partial charge >= 0.3 is 0 Å². The molecule has 2 rings (SSSR count). The van der Waals surface area contributed by atoms with Crippen molar-refractivity contribution in [3.8, 4) is 0 Å². The first-order valence-electron chi connectivity index (χ1n) is 4.63. The number of aromatic nitrogens is 2. The quantitative estimate of drug-likeness (QED) is 0.758. The maximum absolute atomic E-state index is 9.14. The van der Waals surface area contributed by atoms with Crippen LogP contribution in [-0.4, -0.2) is 34.2 Å². The first kappa shape index (κ1) is 9.67. The van der Waals surface area contributed by atoms with Crippen LogP contribution < -0.4 is 10.6 Å². The van der Waals surface area contributed by atoms with Crippen LogP contribution in [0.25, 0.3) is 0 Å². The topological polar surface area (TPSA) is 75.3 Å². The predicted molar refractivity (Wildman–Crippen MR) is 56.3 cm³/mol.